The average Bonchev–Trinajstić information content (AvgIpc) is 3.20. The second-order valence-electron chi connectivity index (χ2n) is 6.81. The Labute approximate surface area is 164 Å². The van der Waals surface area contributed by atoms with Gasteiger partial charge in [0.1, 0.15) is 12.3 Å². The molecule has 2 aromatic heterocycles. The van der Waals surface area contributed by atoms with Crippen LogP contribution in [0.15, 0.2) is 35.0 Å². The largest absolute Gasteiger partial charge is 0.361 e. The molecule has 3 aromatic rings. The van der Waals surface area contributed by atoms with Crippen LogP contribution in [0.4, 0.5) is 5.69 Å². The Morgan fingerprint density at radius 2 is 1.93 bits per heavy atom. The summed E-state index contributed by atoms with van der Waals surface area (Å²) < 4.78 is 7.04. The number of anilines is 1. The number of nitrogens with zero attached hydrogens (tertiary/aromatic N) is 3. The van der Waals surface area contributed by atoms with E-state index in [1.807, 2.05) is 60.7 Å². The van der Waals surface area contributed by atoms with Gasteiger partial charge >= 0.3 is 0 Å². The second-order valence-corrected chi connectivity index (χ2v) is 6.81. The summed E-state index contributed by atoms with van der Waals surface area (Å²) in [6, 6.07) is 7.65. The number of likely N-dealkylation sites (N-methyl/N-ethyl adjacent to an activating group) is 1. The molecular formula is C21H26N4O3. The van der Waals surface area contributed by atoms with Crippen LogP contribution in [0, 0.1) is 13.8 Å². The molecule has 2 heterocycles. The Hall–Kier alpha value is -3.09. The monoisotopic (exact) mass is 382 g/mol. The highest BCUT2D eigenvalue weighted by atomic mass is 16.5. The van der Waals surface area contributed by atoms with Gasteiger partial charge in [0.15, 0.2) is 0 Å². The molecule has 1 aromatic carbocycles. The van der Waals surface area contributed by atoms with Gasteiger partial charge in [0.2, 0.25) is 11.8 Å². The molecule has 0 radical (unpaired) electrons. The van der Waals surface area contributed by atoms with Crippen molar-refractivity contribution in [2.45, 2.75) is 40.7 Å². The topological polar surface area (TPSA) is 80.4 Å². The molecule has 3 rings (SSSR count). The first-order chi connectivity index (χ1) is 13.4. The van der Waals surface area contributed by atoms with Crippen molar-refractivity contribution in [3.05, 3.63) is 47.5 Å². The maximum atomic E-state index is 12.4. The van der Waals surface area contributed by atoms with E-state index < -0.39 is 0 Å². The van der Waals surface area contributed by atoms with Crippen LogP contribution in [0.25, 0.3) is 10.9 Å². The maximum Gasteiger partial charge on any atom is 0.242 e. The molecule has 0 spiro atoms. The van der Waals surface area contributed by atoms with Crippen LogP contribution in [0.2, 0.25) is 0 Å². The Kier molecular flexibility index (Phi) is 5.82. The summed E-state index contributed by atoms with van der Waals surface area (Å²) in [5.41, 5.74) is 3.24. The van der Waals surface area contributed by atoms with E-state index in [-0.39, 0.29) is 18.2 Å². The number of benzene rings is 1. The average molecular weight is 382 g/mol. The van der Waals surface area contributed by atoms with Crippen LogP contribution in [0.1, 0.15) is 30.9 Å². The SMILES string of the molecule is CCN(CC)C(=O)Cn1ccc2cc(NC(=O)Cc3c(C)noc3C)ccc21. The molecule has 0 unspecified atom stereocenters. The lowest BCUT2D eigenvalue weighted by atomic mass is 10.1. The molecule has 0 saturated heterocycles. The second kappa shape index (κ2) is 8.29. The van der Waals surface area contributed by atoms with E-state index in [4.69, 9.17) is 4.52 Å². The third-order valence-electron chi connectivity index (χ3n) is 5.00. The zero-order chi connectivity index (χ0) is 20.3. The van der Waals surface area contributed by atoms with Crippen LogP contribution >= 0.6 is 0 Å². The third-order valence-corrected chi connectivity index (χ3v) is 5.00. The van der Waals surface area contributed by atoms with Gasteiger partial charge in [0.05, 0.1) is 12.1 Å². The minimum absolute atomic E-state index is 0.0966. The summed E-state index contributed by atoms with van der Waals surface area (Å²) in [5.74, 6) is 0.641. The van der Waals surface area contributed by atoms with Gasteiger partial charge < -0.3 is 19.3 Å². The molecule has 7 heteroatoms. The molecule has 148 valence electrons. The zero-order valence-electron chi connectivity index (χ0n) is 16.8. The van der Waals surface area contributed by atoms with E-state index in [0.717, 1.165) is 27.8 Å². The first kappa shape index (κ1) is 19.7. The van der Waals surface area contributed by atoms with Gasteiger partial charge in [-0.25, -0.2) is 0 Å². The number of carbonyl (C=O) groups is 2. The first-order valence-electron chi connectivity index (χ1n) is 9.51. The number of aromatic nitrogens is 2. The maximum absolute atomic E-state index is 12.4. The fourth-order valence-electron chi connectivity index (χ4n) is 3.36. The van der Waals surface area contributed by atoms with Gasteiger partial charge in [0, 0.05) is 41.4 Å². The van der Waals surface area contributed by atoms with Gasteiger partial charge in [0.25, 0.3) is 0 Å². The highest BCUT2D eigenvalue weighted by Gasteiger charge is 2.15. The summed E-state index contributed by atoms with van der Waals surface area (Å²) >= 11 is 0. The number of hydrogen-bond acceptors (Lipinski definition) is 4. The molecule has 0 aliphatic heterocycles. The number of carbonyl (C=O) groups excluding carboxylic acids is 2. The number of hydrogen-bond donors (Lipinski definition) is 1. The van der Waals surface area contributed by atoms with Gasteiger partial charge in [-0.05, 0) is 52.0 Å². The van der Waals surface area contributed by atoms with E-state index in [1.165, 1.54) is 0 Å². The van der Waals surface area contributed by atoms with Crippen molar-refractivity contribution >= 4 is 28.4 Å². The van der Waals surface area contributed by atoms with Crippen LogP contribution in [0.5, 0.6) is 0 Å². The molecule has 2 amide bonds. The summed E-state index contributed by atoms with van der Waals surface area (Å²) in [6.45, 7) is 9.30. The van der Waals surface area contributed by atoms with E-state index in [9.17, 15) is 9.59 Å². The van der Waals surface area contributed by atoms with Crippen molar-refractivity contribution in [3.63, 3.8) is 0 Å². The van der Waals surface area contributed by atoms with E-state index in [2.05, 4.69) is 10.5 Å². The molecule has 0 bridgehead atoms. The summed E-state index contributed by atoms with van der Waals surface area (Å²) in [5, 5.41) is 7.77. The number of amides is 2. The van der Waals surface area contributed by atoms with Gasteiger partial charge in [-0.15, -0.1) is 0 Å². The standard InChI is InChI=1S/C21H26N4O3/c1-5-24(6-2)21(27)13-25-10-9-16-11-17(7-8-19(16)25)22-20(26)12-18-14(3)23-28-15(18)4/h7-11H,5-6,12-13H2,1-4H3,(H,22,26). The van der Waals surface area contributed by atoms with Crippen molar-refractivity contribution in [2.75, 3.05) is 18.4 Å². The lowest BCUT2D eigenvalue weighted by Crippen LogP contribution is -2.33. The fourth-order valence-corrected chi connectivity index (χ4v) is 3.36. The lowest BCUT2D eigenvalue weighted by Gasteiger charge is -2.19. The van der Waals surface area contributed by atoms with E-state index in [1.54, 1.807) is 6.92 Å². The van der Waals surface area contributed by atoms with E-state index in [0.29, 0.717) is 25.4 Å². The first-order valence-corrected chi connectivity index (χ1v) is 9.51. The minimum Gasteiger partial charge on any atom is -0.361 e. The van der Waals surface area contributed by atoms with Crippen molar-refractivity contribution in [1.29, 1.82) is 0 Å². The van der Waals surface area contributed by atoms with Crippen LogP contribution in [-0.2, 0) is 22.6 Å². The molecule has 0 fully saturated rings. The van der Waals surface area contributed by atoms with Crippen molar-refractivity contribution in [2.24, 2.45) is 0 Å². The van der Waals surface area contributed by atoms with Crippen molar-refractivity contribution in [3.8, 4) is 0 Å². The van der Waals surface area contributed by atoms with Crippen LogP contribution in [0.3, 0.4) is 0 Å². The highest BCUT2D eigenvalue weighted by molar-refractivity contribution is 5.95. The summed E-state index contributed by atoms with van der Waals surface area (Å²) in [6.07, 6.45) is 2.13. The third kappa shape index (κ3) is 4.08. The van der Waals surface area contributed by atoms with Gasteiger partial charge in [-0.2, -0.15) is 0 Å². The predicted octanol–water partition coefficient (Wildman–Crippen LogP) is 3.30. The quantitative estimate of drug-likeness (QED) is 0.680. The summed E-state index contributed by atoms with van der Waals surface area (Å²) in [4.78, 5) is 26.6. The fraction of sp³-hybridized carbons (Fsp3) is 0.381. The molecule has 0 atom stereocenters. The van der Waals surface area contributed by atoms with Gasteiger partial charge in [-0.1, -0.05) is 5.16 Å². The van der Waals surface area contributed by atoms with E-state index >= 15 is 0 Å². The predicted molar refractivity (Wildman–Crippen MR) is 108 cm³/mol. The molecule has 7 nitrogen and oxygen atoms in total. The smallest absolute Gasteiger partial charge is 0.242 e. The number of nitrogens with one attached hydrogen (secondary N) is 1. The van der Waals surface area contributed by atoms with Crippen LogP contribution < -0.4 is 5.32 Å². The van der Waals surface area contributed by atoms with Crippen LogP contribution in [-0.4, -0.2) is 39.5 Å². The lowest BCUT2D eigenvalue weighted by molar-refractivity contribution is -0.131. The Bertz CT molecular complexity index is 979. The van der Waals surface area contributed by atoms with Crippen molar-refractivity contribution < 1.29 is 14.1 Å². The molecule has 28 heavy (non-hydrogen) atoms. The highest BCUT2D eigenvalue weighted by Crippen LogP contribution is 2.21. The Balaban J connectivity index is 1.71. The molecular weight excluding hydrogens is 356 g/mol. The summed E-state index contributed by atoms with van der Waals surface area (Å²) in [7, 11) is 0. The number of rotatable bonds is 7. The molecule has 0 saturated carbocycles. The molecule has 0 aliphatic carbocycles. The minimum atomic E-state index is -0.120. The molecule has 0 aliphatic rings. The Morgan fingerprint density at radius 3 is 2.57 bits per heavy atom. The van der Waals surface area contributed by atoms with Gasteiger partial charge in [-0.3, -0.25) is 9.59 Å². The zero-order valence-corrected chi connectivity index (χ0v) is 16.8. The Morgan fingerprint density at radius 1 is 1.18 bits per heavy atom. The van der Waals surface area contributed by atoms with Crippen molar-refractivity contribution in [1.82, 2.24) is 14.6 Å². The number of aryl methyl sites for hydroxylation is 2. The normalized spacial score (nSPS) is 11.0. The number of fused-ring (bicyclic) bond motifs is 1. The molecule has 1 N–H and O–H groups in total.